The van der Waals surface area contributed by atoms with Crippen LogP contribution in [0.25, 0.3) is 0 Å². The third-order valence-electron chi connectivity index (χ3n) is 4.73. The van der Waals surface area contributed by atoms with E-state index in [1.807, 2.05) is 0 Å². The van der Waals surface area contributed by atoms with Gasteiger partial charge in [0.15, 0.2) is 0 Å². The van der Waals surface area contributed by atoms with Gasteiger partial charge in [-0.25, -0.2) is 0 Å². The van der Waals surface area contributed by atoms with Crippen LogP contribution in [-0.2, 0) is 4.74 Å². The predicted octanol–water partition coefficient (Wildman–Crippen LogP) is 1.68. The predicted molar refractivity (Wildman–Crippen MR) is 66.7 cm³/mol. The Balaban J connectivity index is 1.90. The summed E-state index contributed by atoms with van der Waals surface area (Å²) in [4.78, 5) is 0. The van der Waals surface area contributed by atoms with Crippen molar-refractivity contribution in [3.8, 4) is 0 Å². The van der Waals surface area contributed by atoms with Crippen molar-refractivity contribution in [3.63, 3.8) is 0 Å². The highest BCUT2D eigenvalue weighted by molar-refractivity contribution is 5.00. The Morgan fingerprint density at radius 1 is 1.44 bits per heavy atom. The zero-order valence-corrected chi connectivity index (χ0v) is 10.9. The molecule has 0 saturated carbocycles. The molecule has 0 aromatic heterocycles. The quantitative estimate of drug-likeness (QED) is 0.765. The van der Waals surface area contributed by atoms with Gasteiger partial charge in [0.1, 0.15) is 0 Å². The zero-order chi connectivity index (χ0) is 11.6. The summed E-state index contributed by atoms with van der Waals surface area (Å²) < 4.78 is 5.67. The van der Waals surface area contributed by atoms with Gasteiger partial charge in [-0.15, -0.1) is 0 Å². The largest absolute Gasteiger partial charge is 0.377 e. The summed E-state index contributed by atoms with van der Waals surface area (Å²) in [5, 5.41) is 7.43. The SMILES string of the molecule is CCC1(CNC2(C)CCOC2C)CCCN1. The number of rotatable bonds is 4. The number of hydrogen-bond acceptors (Lipinski definition) is 3. The average molecular weight is 226 g/mol. The van der Waals surface area contributed by atoms with Crippen LogP contribution in [0.3, 0.4) is 0 Å². The van der Waals surface area contributed by atoms with Crippen LogP contribution in [0.4, 0.5) is 0 Å². The third-order valence-corrected chi connectivity index (χ3v) is 4.73. The second kappa shape index (κ2) is 4.63. The van der Waals surface area contributed by atoms with Crippen LogP contribution in [0.2, 0.25) is 0 Å². The normalized spacial score (nSPS) is 44.1. The van der Waals surface area contributed by atoms with Crippen LogP contribution in [0.15, 0.2) is 0 Å². The minimum Gasteiger partial charge on any atom is -0.377 e. The maximum Gasteiger partial charge on any atom is 0.0726 e. The fourth-order valence-corrected chi connectivity index (χ4v) is 2.88. The molecule has 0 amide bonds. The van der Waals surface area contributed by atoms with Crippen molar-refractivity contribution in [2.24, 2.45) is 0 Å². The zero-order valence-electron chi connectivity index (χ0n) is 10.9. The molecule has 0 aliphatic carbocycles. The molecule has 16 heavy (non-hydrogen) atoms. The van der Waals surface area contributed by atoms with Crippen molar-refractivity contribution >= 4 is 0 Å². The fraction of sp³-hybridized carbons (Fsp3) is 1.00. The number of nitrogens with one attached hydrogen (secondary N) is 2. The van der Waals surface area contributed by atoms with E-state index in [2.05, 4.69) is 31.4 Å². The molecule has 2 fully saturated rings. The average Bonchev–Trinajstić information content (AvgIpc) is 2.86. The van der Waals surface area contributed by atoms with Crippen LogP contribution in [0.5, 0.6) is 0 Å². The molecule has 0 spiro atoms. The molecule has 2 heterocycles. The highest BCUT2D eigenvalue weighted by Gasteiger charge is 2.39. The van der Waals surface area contributed by atoms with Gasteiger partial charge in [-0.2, -0.15) is 0 Å². The van der Waals surface area contributed by atoms with Crippen molar-refractivity contribution < 1.29 is 4.74 Å². The van der Waals surface area contributed by atoms with Crippen LogP contribution in [0, 0.1) is 0 Å². The molecule has 3 nitrogen and oxygen atoms in total. The van der Waals surface area contributed by atoms with E-state index in [1.165, 1.54) is 25.8 Å². The molecule has 3 atom stereocenters. The van der Waals surface area contributed by atoms with Crippen molar-refractivity contribution in [1.29, 1.82) is 0 Å². The minimum atomic E-state index is 0.173. The fourth-order valence-electron chi connectivity index (χ4n) is 2.88. The lowest BCUT2D eigenvalue weighted by Gasteiger charge is -2.36. The molecular weight excluding hydrogens is 200 g/mol. The lowest BCUT2D eigenvalue weighted by Crippen LogP contribution is -2.56. The molecule has 94 valence electrons. The number of hydrogen-bond donors (Lipinski definition) is 2. The molecule has 2 aliphatic rings. The van der Waals surface area contributed by atoms with Crippen LogP contribution in [0.1, 0.15) is 46.5 Å². The topological polar surface area (TPSA) is 33.3 Å². The Morgan fingerprint density at radius 2 is 2.25 bits per heavy atom. The summed E-state index contributed by atoms with van der Waals surface area (Å²) in [6.45, 7) is 9.92. The number of ether oxygens (including phenoxy) is 1. The van der Waals surface area contributed by atoms with Crippen LogP contribution >= 0.6 is 0 Å². The van der Waals surface area contributed by atoms with Crippen LogP contribution in [-0.4, -0.2) is 36.9 Å². The van der Waals surface area contributed by atoms with Crippen LogP contribution < -0.4 is 10.6 Å². The molecule has 3 unspecified atom stereocenters. The van der Waals surface area contributed by atoms with Gasteiger partial charge < -0.3 is 15.4 Å². The Kier molecular flexibility index (Phi) is 3.57. The van der Waals surface area contributed by atoms with Crippen molar-refractivity contribution in [2.45, 2.75) is 63.6 Å². The van der Waals surface area contributed by atoms with E-state index >= 15 is 0 Å². The van der Waals surface area contributed by atoms with E-state index in [0.29, 0.717) is 11.6 Å². The first-order chi connectivity index (χ1) is 7.60. The molecular formula is C13H26N2O. The van der Waals surface area contributed by atoms with Gasteiger partial charge >= 0.3 is 0 Å². The van der Waals surface area contributed by atoms with E-state index in [-0.39, 0.29) is 5.54 Å². The van der Waals surface area contributed by atoms with E-state index in [0.717, 1.165) is 19.6 Å². The van der Waals surface area contributed by atoms with Gasteiger partial charge in [0, 0.05) is 24.2 Å². The first-order valence-electron chi connectivity index (χ1n) is 6.72. The van der Waals surface area contributed by atoms with Crippen molar-refractivity contribution in [2.75, 3.05) is 19.7 Å². The van der Waals surface area contributed by atoms with Gasteiger partial charge in [-0.3, -0.25) is 0 Å². The van der Waals surface area contributed by atoms with Gasteiger partial charge in [0.2, 0.25) is 0 Å². The van der Waals surface area contributed by atoms with Gasteiger partial charge in [0.05, 0.1) is 6.10 Å². The highest BCUT2D eigenvalue weighted by Crippen LogP contribution is 2.28. The summed E-state index contributed by atoms with van der Waals surface area (Å²) in [6, 6.07) is 0. The van der Waals surface area contributed by atoms with E-state index < -0.39 is 0 Å². The second-order valence-corrected chi connectivity index (χ2v) is 5.70. The summed E-state index contributed by atoms with van der Waals surface area (Å²) in [7, 11) is 0. The standard InChI is InChI=1S/C13H26N2O/c1-4-13(6-5-8-14-13)10-15-12(3)7-9-16-11(12)2/h11,14-15H,4-10H2,1-3H3. The van der Waals surface area contributed by atoms with E-state index in [9.17, 15) is 0 Å². The lowest BCUT2D eigenvalue weighted by atomic mass is 9.89. The molecule has 2 rings (SSSR count). The molecule has 0 bridgehead atoms. The molecule has 2 aliphatic heterocycles. The van der Waals surface area contributed by atoms with E-state index in [1.54, 1.807) is 0 Å². The van der Waals surface area contributed by atoms with Gasteiger partial charge in [-0.1, -0.05) is 6.92 Å². The lowest BCUT2D eigenvalue weighted by molar-refractivity contribution is 0.0854. The molecule has 0 aromatic carbocycles. The van der Waals surface area contributed by atoms with Crippen molar-refractivity contribution in [1.82, 2.24) is 10.6 Å². The monoisotopic (exact) mass is 226 g/mol. The molecule has 2 saturated heterocycles. The molecule has 2 N–H and O–H groups in total. The van der Waals surface area contributed by atoms with Gasteiger partial charge in [-0.05, 0) is 46.1 Å². The first kappa shape index (κ1) is 12.3. The highest BCUT2D eigenvalue weighted by atomic mass is 16.5. The van der Waals surface area contributed by atoms with Gasteiger partial charge in [0.25, 0.3) is 0 Å². The maximum atomic E-state index is 5.67. The van der Waals surface area contributed by atoms with Crippen molar-refractivity contribution in [3.05, 3.63) is 0 Å². The summed E-state index contributed by atoms with van der Waals surface area (Å²) in [6.07, 6.45) is 5.31. The first-order valence-corrected chi connectivity index (χ1v) is 6.72. The Bertz CT molecular complexity index is 233. The summed E-state index contributed by atoms with van der Waals surface area (Å²) >= 11 is 0. The Labute approximate surface area is 99.3 Å². The molecule has 0 aromatic rings. The summed E-state index contributed by atoms with van der Waals surface area (Å²) in [5.41, 5.74) is 0.512. The third kappa shape index (κ3) is 2.27. The molecule has 0 radical (unpaired) electrons. The second-order valence-electron chi connectivity index (χ2n) is 5.70. The smallest absolute Gasteiger partial charge is 0.0726 e. The van der Waals surface area contributed by atoms with E-state index in [4.69, 9.17) is 4.74 Å². The molecule has 3 heteroatoms. The Morgan fingerprint density at radius 3 is 2.75 bits per heavy atom. The maximum absolute atomic E-state index is 5.67. The Hall–Kier alpha value is -0.120. The minimum absolute atomic E-state index is 0.173. The summed E-state index contributed by atoms with van der Waals surface area (Å²) in [5.74, 6) is 0.